The third-order valence-electron chi connectivity index (χ3n) is 4.63. The van der Waals surface area contributed by atoms with Crippen LogP contribution in [-0.2, 0) is 9.47 Å². The highest BCUT2D eigenvalue weighted by Gasteiger charge is 2.43. The molecule has 1 aromatic carbocycles. The van der Waals surface area contributed by atoms with Gasteiger partial charge in [-0.05, 0) is 44.0 Å². The van der Waals surface area contributed by atoms with Crippen molar-refractivity contribution in [2.24, 2.45) is 0 Å². The zero-order chi connectivity index (χ0) is 15.6. The molecule has 4 nitrogen and oxygen atoms in total. The van der Waals surface area contributed by atoms with Gasteiger partial charge in [0, 0.05) is 36.7 Å². The molecule has 0 bridgehead atoms. The summed E-state index contributed by atoms with van der Waals surface area (Å²) in [5, 5.41) is 0.649. The number of ether oxygens (including phenoxy) is 2. The van der Waals surface area contributed by atoms with E-state index in [9.17, 15) is 4.79 Å². The van der Waals surface area contributed by atoms with Crippen LogP contribution in [0, 0.1) is 0 Å². The van der Waals surface area contributed by atoms with E-state index < -0.39 is 0 Å². The third kappa shape index (κ3) is 3.29. The minimum atomic E-state index is -0.0867. The maximum Gasteiger partial charge on any atom is 0.253 e. The molecular weight excluding hydrogens is 302 g/mol. The van der Waals surface area contributed by atoms with Crippen LogP contribution in [0.15, 0.2) is 24.3 Å². The number of benzene rings is 1. The predicted molar refractivity (Wildman–Crippen MR) is 85.3 cm³/mol. The van der Waals surface area contributed by atoms with E-state index in [4.69, 9.17) is 21.1 Å². The standard InChI is InChI=1S/C17H22ClNO3/c1-2-21-15-11-17(22-12-15)7-9-19(10-8-17)16(20)13-3-5-14(18)6-4-13/h3-6,15H,2,7-12H2,1H3. The topological polar surface area (TPSA) is 38.8 Å². The Morgan fingerprint density at radius 3 is 2.68 bits per heavy atom. The molecule has 120 valence electrons. The van der Waals surface area contributed by atoms with Gasteiger partial charge in [0.15, 0.2) is 0 Å². The van der Waals surface area contributed by atoms with E-state index in [-0.39, 0.29) is 17.6 Å². The molecule has 1 amide bonds. The molecule has 2 heterocycles. The third-order valence-corrected chi connectivity index (χ3v) is 4.88. The lowest BCUT2D eigenvalue weighted by Crippen LogP contribution is -2.46. The van der Waals surface area contributed by atoms with Crippen molar-refractivity contribution >= 4 is 17.5 Å². The maximum absolute atomic E-state index is 12.5. The Morgan fingerprint density at radius 1 is 1.36 bits per heavy atom. The summed E-state index contributed by atoms with van der Waals surface area (Å²) in [5.41, 5.74) is 0.608. The largest absolute Gasteiger partial charge is 0.376 e. The summed E-state index contributed by atoms with van der Waals surface area (Å²) in [6.45, 7) is 4.89. The number of amides is 1. The smallest absolute Gasteiger partial charge is 0.253 e. The molecule has 1 spiro atoms. The zero-order valence-corrected chi connectivity index (χ0v) is 13.6. The van der Waals surface area contributed by atoms with E-state index in [1.807, 2.05) is 11.8 Å². The van der Waals surface area contributed by atoms with Crippen molar-refractivity contribution in [2.75, 3.05) is 26.3 Å². The van der Waals surface area contributed by atoms with Crippen LogP contribution in [0.4, 0.5) is 0 Å². The zero-order valence-electron chi connectivity index (χ0n) is 12.9. The number of piperidine rings is 1. The molecule has 2 aliphatic heterocycles. The first-order chi connectivity index (χ1) is 10.6. The first-order valence-corrected chi connectivity index (χ1v) is 8.30. The van der Waals surface area contributed by atoms with Gasteiger partial charge >= 0.3 is 0 Å². The normalized spacial score (nSPS) is 23.9. The molecule has 5 heteroatoms. The van der Waals surface area contributed by atoms with Gasteiger partial charge in [0.25, 0.3) is 5.91 Å². The summed E-state index contributed by atoms with van der Waals surface area (Å²) >= 11 is 5.87. The second kappa shape index (κ2) is 6.57. The van der Waals surface area contributed by atoms with Crippen LogP contribution < -0.4 is 0 Å². The van der Waals surface area contributed by atoms with E-state index in [2.05, 4.69) is 0 Å². The molecule has 0 aliphatic carbocycles. The lowest BCUT2D eigenvalue weighted by atomic mass is 9.87. The lowest BCUT2D eigenvalue weighted by molar-refractivity contribution is -0.0407. The molecule has 0 N–H and O–H groups in total. The molecule has 1 unspecified atom stereocenters. The van der Waals surface area contributed by atoms with Crippen LogP contribution >= 0.6 is 11.6 Å². The van der Waals surface area contributed by atoms with Crippen LogP contribution in [0.5, 0.6) is 0 Å². The molecule has 2 fully saturated rings. The van der Waals surface area contributed by atoms with Crippen LogP contribution in [0.2, 0.25) is 5.02 Å². The summed E-state index contributed by atoms with van der Waals surface area (Å²) < 4.78 is 11.7. The summed E-state index contributed by atoms with van der Waals surface area (Å²) in [6, 6.07) is 7.08. The van der Waals surface area contributed by atoms with Crippen molar-refractivity contribution in [1.82, 2.24) is 4.90 Å². The number of hydrogen-bond donors (Lipinski definition) is 0. The Bertz CT molecular complexity index is 523. The van der Waals surface area contributed by atoms with Gasteiger partial charge in [-0.3, -0.25) is 4.79 Å². The van der Waals surface area contributed by atoms with Gasteiger partial charge in [0.05, 0.1) is 18.3 Å². The quantitative estimate of drug-likeness (QED) is 0.857. The predicted octanol–water partition coefficient (Wildman–Crippen LogP) is 3.14. The van der Waals surface area contributed by atoms with Gasteiger partial charge in [0.2, 0.25) is 0 Å². The molecule has 2 saturated heterocycles. The van der Waals surface area contributed by atoms with Gasteiger partial charge in [-0.2, -0.15) is 0 Å². The number of halogens is 1. The highest BCUT2D eigenvalue weighted by Crippen LogP contribution is 2.37. The summed E-state index contributed by atoms with van der Waals surface area (Å²) in [5.74, 6) is 0.0749. The Balaban J connectivity index is 1.58. The summed E-state index contributed by atoms with van der Waals surface area (Å²) in [4.78, 5) is 14.4. The molecule has 3 rings (SSSR count). The van der Waals surface area contributed by atoms with Crippen molar-refractivity contribution in [2.45, 2.75) is 37.9 Å². The SMILES string of the molecule is CCOC1COC2(CCN(C(=O)c3ccc(Cl)cc3)CC2)C1. The van der Waals surface area contributed by atoms with Gasteiger partial charge in [-0.25, -0.2) is 0 Å². The van der Waals surface area contributed by atoms with Gasteiger partial charge in [-0.15, -0.1) is 0 Å². The second-order valence-electron chi connectivity index (χ2n) is 6.07. The fourth-order valence-electron chi connectivity index (χ4n) is 3.39. The van der Waals surface area contributed by atoms with Gasteiger partial charge < -0.3 is 14.4 Å². The van der Waals surface area contributed by atoms with Crippen molar-refractivity contribution in [3.05, 3.63) is 34.9 Å². The van der Waals surface area contributed by atoms with E-state index in [0.717, 1.165) is 39.0 Å². The fraction of sp³-hybridized carbons (Fsp3) is 0.588. The van der Waals surface area contributed by atoms with E-state index in [0.29, 0.717) is 17.2 Å². The molecule has 22 heavy (non-hydrogen) atoms. The monoisotopic (exact) mass is 323 g/mol. The molecule has 0 saturated carbocycles. The fourth-order valence-corrected chi connectivity index (χ4v) is 3.51. The highest BCUT2D eigenvalue weighted by atomic mass is 35.5. The molecular formula is C17H22ClNO3. The first-order valence-electron chi connectivity index (χ1n) is 7.92. The van der Waals surface area contributed by atoms with Crippen molar-refractivity contribution in [3.63, 3.8) is 0 Å². The summed E-state index contributed by atoms with van der Waals surface area (Å²) in [6.07, 6.45) is 2.93. The van der Waals surface area contributed by atoms with Crippen molar-refractivity contribution < 1.29 is 14.3 Å². The summed E-state index contributed by atoms with van der Waals surface area (Å²) in [7, 11) is 0. The number of carbonyl (C=O) groups is 1. The number of rotatable bonds is 3. The van der Waals surface area contributed by atoms with E-state index in [1.54, 1.807) is 24.3 Å². The Kier molecular flexibility index (Phi) is 4.71. The maximum atomic E-state index is 12.5. The highest BCUT2D eigenvalue weighted by molar-refractivity contribution is 6.30. The minimum Gasteiger partial charge on any atom is -0.376 e. The van der Waals surface area contributed by atoms with Crippen LogP contribution in [0.3, 0.4) is 0 Å². The molecule has 1 atom stereocenters. The minimum absolute atomic E-state index is 0.0749. The Labute approximate surface area is 136 Å². The average molecular weight is 324 g/mol. The van der Waals surface area contributed by atoms with Gasteiger partial charge in [-0.1, -0.05) is 11.6 Å². The van der Waals surface area contributed by atoms with Crippen LogP contribution in [0.25, 0.3) is 0 Å². The van der Waals surface area contributed by atoms with Crippen molar-refractivity contribution in [3.8, 4) is 0 Å². The van der Waals surface area contributed by atoms with Crippen LogP contribution in [-0.4, -0.2) is 48.8 Å². The second-order valence-corrected chi connectivity index (χ2v) is 6.51. The molecule has 0 radical (unpaired) electrons. The number of carbonyl (C=O) groups excluding carboxylic acids is 1. The molecule has 0 aromatic heterocycles. The molecule has 2 aliphatic rings. The Morgan fingerprint density at radius 2 is 2.05 bits per heavy atom. The van der Waals surface area contributed by atoms with Crippen LogP contribution in [0.1, 0.15) is 36.5 Å². The number of nitrogens with zero attached hydrogens (tertiary/aromatic N) is 1. The average Bonchev–Trinajstić information content (AvgIpc) is 2.91. The Hall–Kier alpha value is -1.10. The van der Waals surface area contributed by atoms with Crippen molar-refractivity contribution in [1.29, 1.82) is 0 Å². The lowest BCUT2D eigenvalue weighted by Gasteiger charge is -2.38. The first kappa shape index (κ1) is 15.8. The molecule has 1 aromatic rings. The van der Waals surface area contributed by atoms with E-state index in [1.165, 1.54) is 0 Å². The number of likely N-dealkylation sites (tertiary alicyclic amines) is 1. The van der Waals surface area contributed by atoms with Gasteiger partial charge in [0.1, 0.15) is 0 Å². The number of hydrogen-bond acceptors (Lipinski definition) is 3. The van der Waals surface area contributed by atoms with E-state index >= 15 is 0 Å².